The maximum atomic E-state index is 12.7. The van der Waals surface area contributed by atoms with Crippen LogP contribution in [0.3, 0.4) is 0 Å². The number of nitrogens with zero attached hydrogens (tertiary/aromatic N) is 5. The zero-order valence-electron chi connectivity index (χ0n) is 17.5. The number of amides is 1. The molecule has 1 aromatic heterocycles. The van der Waals surface area contributed by atoms with E-state index >= 15 is 0 Å². The third-order valence-corrected chi connectivity index (χ3v) is 12.9. The average molecular weight is 458 g/mol. The fourth-order valence-electron chi connectivity index (χ4n) is 2.95. The van der Waals surface area contributed by atoms with Crippen LogP contribution in [-0.4, -0.2) is 68.1 Å². The summed E-state index contributed by atoms with van der Waals surface area (Å²) < 4.78 is 7.74. The summed E-state index contributed by atoms with van der Waals surface area (Å²) in [5.41, 5.74) is 0.0918. The lowest BCUT2D eigenvalue weighted by molar-refractivity contribution is -0.152. The summed E-state index contributed by atoms with van der Waals surface area (Å²) in [5.74, 6) is -0.998. The first-order valence-electron chi connectivity index (χ1n) is 9.39. The van der Waals surface area contributed by atoms with E-state index < -0.39 is 14.3 Å². The van der Waals surface area contributed by atoms with Gasteiger partial charge in [-0.15, -0.1) is 16.9 Å². The molecule has 0 saturated carbocycles. The van der Waals surface area contributed by atoms with E-state index in [4.69, 9.17) is 4.43 Å². The highest BCUT2D eigenvalue weighted by Crippen LogP contribution is 2.51. The van der Waals surface area contributed by atoms with Gasteiger partial charge in [-0.3, -0.25) is 9.69 Å². The van der Waals surface area contributed by atoms with Crippen molar-refractivity contribution in [1.82, 2.24) is 25.1 Å². The summed E-state index contributed by atoms with van der Waals surface area (Å²) in [6.07, 6.45) is 0.611. The molecule has 3 heterocycles. The Hall–Kier alpha value is -1.37. The van der Waals surface area contributed by atoms with Gasteiger partial charge in [-0.25, -0.2) is 9.48 Å². The summed E-state index contributed by atoms with van der Waals surface area (Å²) in [5, 5.41) is 21.5. The molecule has 1 N–H and O–H groups in total. The smallest absolute Gasteiger partial charge is 0.353 e. The molecule has 1 aromatic rings. The molecule has 0 aromatic carbocycles. The number of carboxylic acids is 1. The maximum Gasteiger partial charge on any atom is 0.353 e. The van der Waals surface area contributed by atoms with Crippen LogP contribution in [0.4, 0.5) is 0 Å². The molecule has 0 unspecified atom stereocenters. The second kappa shape index (κ2) is 8.04. The van der Waals surface area contributed by atoms with Gasteiger partial charge in [-0.2, -0.15) is 0 Å². The third-order valence-electron chi connectivity index (χ3n) is 5.74. The van der Waals surface area contributed by atoms with E-state index in [1.807, 2.05) is 0 Å². The normalized spacial score (nSPS) is 22.1. The largest absolute Gasteiger partial charge is 0.477 e. The van der Waals surface area contributed by atoms with Gasteiger partial charge in [0.25, 0.3) is 0 Å². The minimum Gasteiger partial charge on any atom is -0.477 e. The minimum atomic E-state index is -1.87. The van der Waals surface area contributed by atoms with Gasteiger partial charge in [0.05, 0.1) is 11.3 Å². The molecular weight excluding hydrogens is 430 g/mol. The van der Waals surface area contributed by atoms with Crippen molar-refractivity contribution in [3.8, 4) is 0 Å². The van der Waals surface area contributed by atoms with Crippen LogP contribution in [-0.2, 0) is 21.1 Å². The highest BCUT2D eigenvalue weighted by Gasteiger charge is 2.55. The number of carbonyl (C=O) groups excluding carboxylic acids is 1. The number of aryl methyl sites for hydroxylation is 1. The number of β-lactam (4-membered cyclic amide) rings is 1. The van der Waals surface area contributed by atoms with Gasteiger partial charge in [-0.05, 0) is 35.0 Å². The Morgan fingerprint density at radius 2 is 2.07 bits per heavy atom. The molecule has 9 nitrogen and oxygen atoms in total. The van der Waals surface area contributed by atoms with Crippen LogP contribution >= 0.6 is 23.5 Å². The van der Waals surface area contributed by atoms with Crippen molar-refractivity contribution in [3.05, 3.63) is 10.6 Å². The molecule has 160 valence electrons. The van der Waals surface area contributed by atoms with E-state index in [2.05, 4.69) is 49.4 Å². The van der Waals surface area contributed by atoms with Gasteiger partial charge in [0, 0.05) is 24.3 Å². The highest BCUT2D eigenvalue weighted by atomic mass is 32.2. The summed E-state index contributed by atoms with van der Waals surface area (Å²) in [4.78, 5) is 26.6. The van der Waals surface area contributed by atoms with Gasteiger partial charge in [0.15, 0.2) is 8.32 Å². The van der Waals surface area contributed by atoms with E-state index in [1.165, 1.54) is 33.1 Å². The Kier molecular flexibility index (Phi) is 6.19. The number of aromatic nitrogens is 4. The van der Waals surface area contributed by atoms with E-state index in [9.17, 15) is 14.7 Å². The first kappa shape index (κ1) is 22.3. The number of thioether (sulfide) groups is 2. The summed E-state index contributed by atoms with van der Waals surface area (Å²) >= 11 is 2.82. The lowest BCUT2D eigenvalue weighted by atomic mass is 9.94. The fraction of sp³-hybridized carbons (Fsp3) is 0.706. The van der Waals surface area contributed by atoms with Gasteiger partial charge < -0.3 is 9.53 Å². The molecule has 12 heteroatoms. The summed E-state index contributed by atoms with van der Waals surface area (Å²) in [6, 6.07) is 0. The Balaban J connectivity index is 1.62. The summed E-state index contributed by atoms with van der Waals surface area (Å²) in [6.45, 7) is 11.4. The van der Waals surface area contributed by atoms with Crippen LogP contribution < -0.4 is 0 Å². The Morgan fingerprint density at radius 1 is 1.38 bits per heavy atom. The van der Waals surface area contributed by atoms with Crippen LogP contribution in [0.15, 0.2) is 15.8 Å². The van der Waals surface area contributed by atoms with Crippen molar-refractivity contribution < 1.29 is 19.1 Å². The number of fused-ring (bicyclic) bond motifs is 1. The molecule has 29 heavy (non-hydrogen) atoms. The van der Waals surface area contributed by atoms with Gasteiger partial charge in [0.1, 0.15) is 5.70 Å². The fourth-order valence-corrected chi connectivity index (χ4v) is 6.50. The molecule has 1 amide bonds. The number of rotatable bonds is 8. The Morgan fingerprint density at radius 3 is 2.62 bits per heavy atom. The van der Waals surface area contributed by atoms with Crippen molar-refractivity contribution in [3.63, 3.8) is 0 Å². The number of hydrogen-bond donors (Lipinski definition) is 1. The topological polar surface area (TPSA) is 110 Å². The van der Waals surface area contributed by atoms with Crippen LogP contribution in [0.2, 0.25) is 18.1 Å². The number of carbonyl (C=O) groups is 2. The zero-order valence-corrected chi connectivity index (χ0v) is 20.1. The quantitative estimate of drug-likeness (QED) is 0.357. The molecule has 0 spiro atoms. The van der Waals surface area contributed by atoms with Crippen LogP contribution in [0, 0.1) is 5.92 Å². The van der Waals surface area contributed by atoms with Crippen molar-refractivity contribution in [1.29, 1.82) is 0 Å². The lowest BCUT2D eigenvalue weighted by Crippen LogP contribution is -2.57. The monoisotopic (exact) mass is 457 g/mol. The molecule has 2 aliphatic rings. The number of hydrogen-bond acceptors (Lipinski definition) is 8. The number of tetrazole rings is 1. The van der Waals surface area contributed by atoms with Crippen molar-refractivity contribution in [2.24, 2.45) is 13.0 Å². The van der Waals surface area contributed by atoms with Crippen LogP contribution in [0.5, 0.6) is 0 Å². The molecule has 0 aliphatic carbocycles. The molecule has 0 bridgehead atoms. The first-order valence-corrected chi connectivity index (χ1v) is 14.2. The lowest BCUT2D eigenvalue weighted by Gasteiger charge is -2.43. The van der Waals surface area contributed by atoms with Gasteiger partial charge in [0.2, 0.25) is 11.1 Å². The molecule has 0 radical (unpaired) electrons. The minimum absolute atomic E-state index is 0.0918. The van der Waals surface area contributed by atoms with Gasteiger partial charge in [-0.1, -0.05) is 32.5 Å². The van der Waals surface area contributed by atoms with Gasteiger partial charge >= 0.3 is 5.97 Å². The van der Waals surface area contributed by atoms with Crippen molar-refractivity contribution in [2.45, 2.75) is 55.9 Å². The molecule has 2 aliphatic heterocycles. The second-order valence-electron chi connectivity index (χ2n) is 8.67. The molecular formula is C17H27N5O4S2Si. The first-order chi connectivity index (χ1) is 13.4. The predicted molar refractivity (Wildman–Crippen MR) is 114 cm³/mol. The molecule has 1 saturated heterocycles. The number of carboxylic acid groups (broad SMARTS) is 1. The van der Waals surface area contributed by atoms with Crippen molar-refractivity contribution >= 4 is 43.7 Å². The van der Waals surface area contributed by atoms with E-state index in [1.54, 1.807) is 7.05 Å². The standard InChI is InChI=1S/C17H27N5O4S2Si/c1-17(2,3)29(5,6)26-8-7-10-13(23)22-12(15(24)25)11(28-14(10)22)9-27-16-18-19-20-21(16)4/h10,14H,7-9H2,1-6H3,(H,24,25)/t10-,14-/m1/s1. The summed E-state index contributed by atoms with van der Waals surface area (Å²) in [7, 11) is -0.143. The third kappa shape index (κ3) is 4.25. The molecule has 2 atom stereocenters. The van der Waals surface area contributed by atoms with Crippen molar-refractivity contribution in [2.75, 3.05) is 12.4 Å². The van der Waals surface area contributed by atoms with Crippen LogP contribution in [0.1, 0.15) is 27.2 Å². The van der Waals surface area contributed by atoms with Crippen LogP contribution in [0.25, 0.3) is 0 Å². The molecule has 1 fully saturated rings. The maximum absolute atomic E-state index is 12.7. The zero-order chi connectivity index (χ0) is 21.6. The average Bonchev–Trinajstić information content (AvgIpc) is 3.17. The predicted octanol–water partition coefficient (Wildman–Crippen LogP) is 2.54. The SMILES string of the molecule is Cn1nnnc1SCC1=C(C(=O)O)N2C(=O)[C@@H](CCO[Si](C)(C)C(C)(C)C)[C@H]2S1. The highest BCUT2D eigenvalue weighted by molar-refractivity contribution is 8.06. The van der Waals surface area contributed by atoms with E-state index in [-0.39, 0.29) is 27.9 Å². The van der Waals surface area contributed by atoms with E-state index in [0.717, 1.165) is 0 Å². The van der Waals surface area contributed by atoms with E-state index in [0.29, 0.717) is 28.8 Å². The number of aliphatic carboxylic acids is 1. The second-order valence-corrected chi connectivity index (χ2v) is 15.6. The Bertz CT molecular complexity index is 851. The Labute approximate surface area is 179 Å². The molecule has 3 rings (SSSR count).